The van der Waals surface area contributed by atoms with E-state index >= 15 is 0 Å². The van der Waals surface area contributed by atoms with E-state index in [2.05, 4.69) is 48.2 Å². The standard InChI is InChI=1S/C21H26N2O2S/c1-16-4-10-20(11-5-16)26-17(2)21(24)23-14-12-22(13-15-23)18-6-8-19(25-3)9-7-18/h4-11,17H,12-15H2,1-3H3/t17-/m0/s1. The van der Waals surface area contributed by atoms with E-state index in [1.54, 1.807) is 18.9 Å². The third-order valence-electron chi connectivity index (χ3n) is 4.71. The number of nitrogens with zero attached hydrogens (tertiary/aromatic N) is 2. The number of piperazine rings is 1. The fraction of sp³-hybridized carbons (Fsp3) is 0.381. The molecule has 0 bridgehead atoms. The van der Waals surface area contributed by atoms with E-state index in [0.717, 1.165) is 36.8 Å². The van der Waals surface area contributed by atoms with Crippen LogP contribution < -0.4 is 9.64 Å². The van der Waals surface area contributed by atoms with Crippen molar-refractivity contribution >= 4 is 23.4 Å². The molecule has 0 N–H and O–H groups in total. The fourth-order valence-corrected chi connectivity index (χ4v) is 4.06. The van der Waals surface area contributed by atoms with Crippen molar-refractivity contribution in [1.29, 1.82) is 0 Å². The second-order valence-corrected chi connectivity index (χ2v) is 8.00. The number of benzene rings is 2. The van der Waals surface area contributed by atoms with Crippen molar-refractivity contribution in [3.8, 4) is 5.75 Å². The van der Waals surface area contributed by atoms with Crippen molar-refractivity contribution in [1.82, 2.24) is 4.90 Å². The molecule has 5 heteroatoms. The van der Waals surface area contributed by atoms with Gasteiger partial charge in [-0.25, -0.2) is 0 Å². The molecule has 1 amide bonds. The highest BCUT2D eigenvalue weighted by atomic mass is 32.2. The van der Waals surface area contributed by atoms with Gasteiger partial charge in [0.1, 0.15) is 5.75 Å². The number of carbonyl (C=O) groups excluding carboxylic acids is 1. The molecule has 2 aromatic carbocycles. The summed E-state index contributed by atoms with van der Waals surface area (Å²) in [7, 11) is 1.68. The van der Waals surface area contributed by atoms with Crippen LogP contribution in [0.1, 0.15) is 12.5 Å². The molecule has 26 heavy (non-hydrogen) atoms. The summed E-state index contributed by atoms with van der Waals surface area (Å²) in [5, 5.41) is -0.0646. The zero-order chi connectivity index (χ0) is 18.5. The van der Waals surface area contributed by atoms with Gasteiger partial charge in [-0.3, -0.25) is 4.79 Å². The summed E-state index contributed by atoms with van der Waals surface area (Å²) in [4.78, 5) is 18.2. The number of aryl methyl sites for hydroxylation is 1. The molecule has 2 aromatic rings. The molecule has 3 rings (SSSR count). The van der Waals surface area contributed by atoms with Gasteiger partial charge in [-0.1, -0.05) is 17.7 Å². The third-order valence-corrected chi connectivity index (χ3v) is 5.81. The van der Waals surface area contributed by atoms with Gasteiger partial charge in [0.15, 0.2) is 0 Å². The van der Waals surface area contributed by atoms with Crippen LogP contribution in [0.5, 0.6) is 5.75 Å². The molecule has 0 aliphatic carbocycles. The summed E-state index contributed by atoms with van der Waals surface area (Å²) < 4.78 is 5.21. The number of methoxy groups -OCH3 is 1. The Bertz CT molecular complexity index is 723. The van der Waals surface area contributed by atoms with Crippen molar-refractivity contribution in [2.75, 3.05) is 38.2 Å². The SMILES string of the molecule is COc1ccc(N2CCN(C(=O)[C@H](C)Sc3ccc(C)cc3)CC2)cc1. The van der Waals surface area contributed by atoms with Crippen molar-refractivity contribution in [2.24, 2.45) is 0 Å². The van der Waals surface area contributed by atoms with Gasteiger partial charge in [0.2, 0.25) is 5.91 Å². The summed E-state index contributed by atoms with van der Waals surface area (Å²) in [5.74, 6) is 1.09. The van der Waals surface area contributed by atoms with Crippen LogP contribution in [0.2, 0.25) is 0 Å². The Kier molecular flexibility index (Phi) is 6.09. The predicted octanol–water partition coefficient (Wildman–Crippen LogP) is 3.83. The number of amides is 1. The van der Waals surface area contributed by atoms with Crippen LogP contribution in [0.25, 0.3) is 0 Å². The zero-order valence-corrected chi connectivity index (χ0v) is 16.5. The van der Waals surface area contributed by atoms with Crippen LogP contribution in [0.3, 0.4) is 0 Å². The molecule has 0 spiro atoms. The second-order valence-electron chi connectivity index (χ2n) is 6.58. The molecule has 0 unspecified atom stereocenters. The first-order chi connectivity index (χ1) is 12.6. The molecule has 1 aliphatic heterocycles. The maximum atomic E-state index is 12.8. The highest BCUT2D eigenvalue weighted by Gasteiger charge is 2.25. The van der Waals surface area contributed by atoms with E-state index in [-0.39, 0.29) is 11.2 Å². The van der Waals surface area contributed by atoms with Crippen LogP contribution in [0, 0.1) is 6.92 Å². The highest BCUT2D eigenvalue weighted by molar-refractivity contribution is 8.00. The number of anilines is 1. The smallest absolute Gasteiger partial charge is 0.235 e. The minimum atomic E-state index is -0.0646. The molecular weight excluding hydrogens is 344 g/mol. The minimum absolute atomic E-state index is 0.0646. The molecule has 1 fully saturated rings. The summed E-state index contributed by atoms with van der Waals surface area (Å²) in [6.45, 7) is 7.33. The molecule has 1 heterocycles. The number of rotatable bonds is 5. The van der Waals surface area contributed by atoms with Gasteiger partial charge in [-0.15, -0.1) is 11.8 Å². The first kappa shape index (κ1) is 18.6. The molecule has 1 atom stereocenters. The largest absolute Gasteiger partial charge is 0.497 e. The summed E-state index contributed by atoms with van der Waals surface area (Å²) in [6, 6.07) is 16.5. The van der Waals surface area contributed by atoms with Gasteiger partial charge in [0, 0.05) is 36.8 Å². The first-order valence-corrected chi connectivity index (χ1v) is 9.86. The monoisotopic (exact) mass is 370 g/mol. The van der Waals surface area contributed by atoms with Crippen molar-refractivity contribution in [2.45, 2.75) is 24.0 Å². The quantitative estimate of drug-likeness (QED) is 0.749. The van der Waals surface area contributed by atoms with Gasteiger partial charge < -0.3 is 14.5 Å². The Balaban J connectivity index is 1.53. The van der Waals surface area contributed by atoms with Crippen molar-refractivity contribution < 1.29 is 9.53 Å². The molecule has 1 saturated heterocycles. The number of hydrogen-bond acceptors (Lipinski definition) is 4. The lowest BCUT2D eigenvalue weighted by Crippen LogP contribution is -2.50. The Morgan fingerprint density at radius 1 is 1.00 bits per heavy atom. The number of hydrogen-bond donors (Lipinski definition) is 0. The molecule has 1 aliphatic rings. The van der Waals surface area contributed by atoms with E-state index in [9.17, 15) is 4.79 Å². The van der Waals surface area contributed by atoms with Gasteiger partial charge >= 0.3 is 0 Å². The Labute approximate surface area is 160 Å². The molecule has 138 valence electrons. The van der Waals surface area contributed by atoms with Crippen LogP contribution >= 0.6 is 11.8 Å². The average molecular weight is 371 g/mol. The van der Waals surface area contributed by atoms with Crippen LogP contribution in [0.4, 0.5) is 5.69 Å². The molecular formula is C21H26N2O2S. The maximum absolute atomic E-state index is 12.8. The van der Waals surface area contributed by atoms with Crippen molar-refractivity contribution in [3.63, 3.8) is 0 Å². The first-order valence-electron chi connectivity index (χ1n) is 8.98. The number of ether oxygens (including phenoxy) is 1. The maximum Gasteiger partial charge on any atom is 0.235 e. The van der Waals surface area contributed by atoms with Gasteiger partial charge in [0.25, 0.3) is 0 Å². The third kappa shape index (κ3) is 4.52. The Morgan fingerprint density at radius 3 is 2.19 bits per heavy atom. The van der Waals surface area contributed by atoms with Gasteiger partial charge in [0.05, 0.1) is 12.4 Å². The van der Waals surface area contributed by atoms with E-state index in [4.69, 9.17) is 4.74 Å². The van der Waals surface area contributed by atoms with E-state index in [1.165, 1.54) is 11.3 Å². The highest BCUT2D eigenvalue weighted by Crippen LogP contribution is 2.26. The average Bonchev–Trinajstić information content (AvgIpc) is 2.69. The molecule has 0 radical (unpaired) electrons. The zero-order valence-electron chi connectivity index (χ0n) is 15.6. The number of carbonyl (C=O) groups is 1. The van der Waals surface area contributed by atoms with Crippen LogP contribution in [-0.2, 0) is 4.79 Å². The minimum Gasteiger partial charge on any atom is -0.497 e. The normalized spacial score (nSPS) is 15.7. The van der Waals surface area contributed by atoms with E-state index < -0.39 is 0 Å². The Morgan fingerprint density at radius 2 is 1.62 bits per heavy atom. The van der Waals surface area contributed by atoms with Crippen molar-refractivity contribution in [3.05, 3.63) is 54.1 Å². The second kappa shape index (κ2) is 8.49. The molecule has 0 aromatic heterocycles. The summed E-state index contributed by atoms with van der Waals surface area (Å²) >= 11 is 1.64. The van der Waals surface area contributed by atoms with Gasteiger partial charge in [-0.05, 0) is 50.2 Å². The lowest BCUT2D eigenvalue weighted by molar-refractivity contribution is -0.130. The predicted molar refractivity (Wildman–Crippen MR) is 108 cm³/mol. The summed E-state index contributed by atoms with van der Waals surface area (Å²) in [5.41, 5.74) is 2.42. The molecule has 4 nitrogen and oxygen atoms in total. The van der Waals surface area contributed by atoms with Crippen LogP contribution in [-0.4, -0.2) is 49.3 Å². The summed E-state index contributed by atoms with van der Waals surface area (Å²) in [6.07, 6.45) is 0. The van der Waals surface area contributed by atoms with E-state index in [1.807, 2.05) is 24.0 Å². The lowest BCUT2D eigenvalue weighted by atomic mass is 10.2. The van der Waals surface area contributed by atoms with Gasteiger partial charge in [-0.2, -0.15) is 0 Å². The lowest BCUT2D eigenvalue weighted by Gasteiger charge is -2.37. The molecule has 0 saturated carbocycles. The topological polar surface area (TPSA) is 32.8 Å². The fourth-order valence-electron chi connectivity index (χ4n) is 3.11. The van der Waals surface area contributed by atoms with E-state index in [0.29, 0.717) is 0 Å². The number of thioether (sulfide) groups is 1. The Hall–Kier alpha value is -2.14. The van der Waals surface area contributed by atoms with Crippen LogP contribution in [0.15, 0.2) is 53.4 Å².